The van der Waals surface area contributed by atoms with Crippen molar-refractivity contribution < 1.29 is 0 Å². The van der Waals surface area contributed by atoms with E-state index in [1.807, 2.05) is 0 Å². The normalized spacial score (nSPS) is 40.8. The van der Waals surface area contributed by atoms with Crippen molar-refractivity contribution in [3.05, 3.63) is 54.1 Å². The van der Waals surface area contributed by atoms with Crippen molar-refractivity contribution in [1.82, 2.24) is 0 Å². The Balaban J connectivity index is 1.67. The van der Waals surface area contributed by atoms with E-state index in [1.54, 1.807) is 5.56 Å². The van der Waals surface area contributed by atoms with Gasteiger partial charge in [-0.05, 0) is 62.5 Å². The maximum Gasteiger partial charge on any atom is 0.0409 e. The Morgan fingerprint density at radius 2 is 1.64 bits per heavy atom. The summed E-state index contributed by atoms with van der Waals surface area (Å²) in [4.78, 5) is 2.76. The third kappa shape index (κ3) is 1.45. The molecule has 6 atom stereocenters. The van der Waals surface area contributed by atoms with Gasteiger partial charge in [0.05, 0.1) is 0 Å². The minimum Gasteiger partial charge on any atom is -0.363 e. The van der Waals surface area contributed by atoms with Crippen LogP contribution in [0, 0.1) is 23.7 Å². The number of nitrogens with zero attached hydrogens (tertiary/aromatic N) is 1. The molecular weight excluding hydrogens is 266 g/mol. The first kappa shape index (κ1) is 13.0. The maximum absolute atomic E-state index is 2.76. The van der Waals surface area contributed by atoms with Gasteiger partial charge in [0.2, 0.25) is 0 Å². The monoisotopic (exact) mass is 291 g/mol. The summed E-state index contributed by atoms with van der Waals surface area (Å²) in [5, 5.41) is 0. The Morgan fingerprint density at radius 3 is 2.36 bits per heavy atom. The van der Waals surface area contributed by atoms with Crippen molar-refractivity contribution in [2.24, 2.45) is 23.7 Å². The second kappa shape index (κ2) is 4.07. The first-order valence-corrected chi connectivity index (χ1v) is 8.80. The van der Waals surface area contributed by atoms with Gasteiger partial charge in [0, 0.05) is 23.2 Å². The number of allylic oxidation sites excluding steroid dienone is 4. The van der Waals surface area contributed by atoms with E-state index >= 15 is 0 Å². The first-order valence-electron chi connectivity index (χ1n) is 8.80. The quantitative estimate of drug-likeness (QED) is 0.666. The molecule has 2 unspecified atom stereocenters. The summed E-state index contributed by atoms with van der Waals surface area (Å²) in [5.74, 6) is 3.97. The summed E-state index contributed by atoms with van der Waals surface area (Å²) in [6.07, 6.45) is 11.0. The van der Waals surface area contributed by atoms with Gasteiger partial charge in [0.25, 0.3) is 0 Å². The SMILES string of the molecule is CC(C)(C)N1c2ccccc2[C@@H]2[C@H]1[C@H]1C[C@H]2C2C=CC=CC21. The Morgan fingerprint density at radius 1 is 0.955 bits per heavy atom. The zero-order valence-corrected chi connectivity index (χ0v) is 13.7. The molecule has 1 heterocycles. The van der Waals surface area contributed by atoms with E-state index in [-0.39, 0.29) is 5.54 Å². The average Bonchev–Trinajstić information content (AvgIpc) is 3.13. The molecule has 2 saturated carbocycles. The number of hydrogen-bond donors (Lipinski definition) is 0. The van der Waals surface area contributed by atoms with Crippen LogP contribution >= 0.6 is 0 Å². The smallest absolute Gasteiger partial charge is 0.0409 e. The largest absolute Gasteiger partial charge is 0.363 e. The first-order chi connectivity index (χ1) is 10.6. The van der Waals surface area contributed by atoms with Crippen LogP contribution in [-0.2, 0) is 0 Å². The summed E-state index contributed by atoms with van der Waals surface area (Å²) in [5.41, 5.74) is 3.33. The third-order valence-corrected chi connectivity index (χ3v) is 6.60. The summed E-state index contributed by atoms with van der Waals surface area (Å²) >= 11 is 0. The van der Waals surface area contributed by atoms with E-state index < -0.39 is 0 Å². The lowest BCUT2D eigenvalue weighted by atomic mass is 9.69. The number of benzene rings is 1. The van der Waals surface area contributed by atoms with Crippen LogP contribution in [0.1, 0.15) is 38.7 Å². The van der Waals surface area contributed by atoms with Gasteiger partial charge in [0.15, 0.2) is 0 Å². The predicted octanol–water partition coefficient (Wildman–Crippen LogP) is 4.77. The van der Waals surface area contributed by atoms with Crippen LogP contribution in [-0.4, -0.2) is 11.6 Å². The van der Waals surface area contributed by atoms with Gasteiger partial charge < -0.3 is 4.90 Å². The van der Waals surface area contributed by atoms with E-state index in [9.17, 15) is 0 Å². The fraction of sp³-hybridized carbons (Fsp3) is 0.524. The minimum atomic E-state index is 0.198. The topological polar surface area (TPSA) is 3.24 Å². The lowest BCUT2D eigenvalue weighted by Crippen LogP contribution is -2.51. The number of anilines is 1. The van der Waals surface area contributed by atoms with Gasteiger partial charge in [-0.2, -0.15) is 0 Å². The molecule has 0 N–H and O–H groups in total. The number of para-hydroxylation sites is 1. The summed E-state index contributed by atoms with van der Waals surface area (Å²) in [7, 11) is 0. The highest BCUT2D eigenvalue weighted by Crippen LogP contribution is 2.66. The zero-order chi connectivity index (χ0) is 15.1. The van der Waals surface area contributed by atoms with Gasteiger partial charge in [0.1, 0.15) is 0 Å². The second-order valence-corrected chi connectivity index (χ2v) is 8.60. The van der Waals surface area contributed by atoms with Crippen LogP contribution in [0.2, 0.25) is 0 Å². The number of fused-ring (bicyclic) bond motifs is 10. The van der Waals surface area contributed by atoms with E-state index in [0.717, 1.165) is 29.6 Å². The highest BCUT2D eigenvalue weighted by atomic mass is 15.3. The molecular formula is C21H25N. The summed E-state index contributed by atoms with van der Waals surface area (Å²) in [6, 6.07) is 9.92. The zero-order valence-electron chi connectivity index (χ0n) is 13.7. The number of hydrogen-bond acceptors (Lipinski definition) is 1. The molecule has 5 rings (SSSR count). The van der Waals surface area contributed by atoms with Crippen molar-refractivity contribution >= 4 is 5.69 Å². The molecule has 2 bridgehead atoms. The van der Waals surface area contributed by atoms with Crippen LogP contribution in [0.3, 0.4) is 0 Å². The van der Waals surface area contributed by atoms with Crippen molar-refractivity contribution in [3.8, 4) is 0 Å². The van der Waals surface area contributed by atoms with Crippen LogP contribution in [0.4, 0.5) is 5.69 Å². The van der Waals surface area contributed by atoms with Gasteiger partial charge in [-0.15, -0.1) is 0 Å². The molecule has 4 aliphatic rings. The van der Waals surface area contributed by atoms with Crippen LogP contribution < -0.4 is 4.90 Å². The molecule has 1 aromatic carbocycles. The lowest BCUT2D eigenvalue weighted by Gasteiger charge is -2.46. The fourth-order valence-electron chi connectivity index (χ4n) is 6.12. The molecule has 1 heteroatoms. The van der Waals surface area contributed by atoms with Gasteiger partial charge in [-0.25, -0.2) is 0 Å². The van der Waals surface area contributed by atoms with Crippen LogP contribution in [0.25, 0.3) is 0 Å². The molecule has 1 aliphatic heterocycles. The number of rotatable bonds is 0. The van der Waals surface area contributed by atoms with Crippen LogP contribution in [0.5, 0.6) is 0 Å². The van der Waals surface area contributed by atoms with Crippen molar-refractivity contribution in [2.75, 3.05) is 4.90 Å². The van der Waals surface area contributed by atoms with Crippen molar-refractivity contribution in [2.45, 2.75) is 44.7 Å². The Hall–Kier alpha value is -1.50. The Labute approximate surface area is 133 Å². The molecule has 0 amide bonds. The van der Waals surface area contributed by atoms with Gasteiger partial charge in [-0.1, -0.05) is 42.5 Å². The molecule has 0 spiro atoms. The van der Waals surface area contributed by atoms with Gasteiger partial charge in [-0.3, -0.25) is 0 Å². The van der Waals surface area contributed by atoms with E-state index in [1.165, 1.54) is 12.1 Å². The minimum absolute atomic E-state index is 0.198. The Kier molecular flexibility index (Phi) is 2.40. The van der Waals surface area contributed by atoms with Crippen LogP contribution in [0.15, 0.2) is 48.6 Å². The molecule has 0 saturated heterocycles. The molecule has 22 heavy (non-hydrogen) atoms. The van der Waals surface area contributed by atoms with E-state index in [0.29, 0.717) is 6.04 Å². The molecule has 114 valence electrons. The van der Waals surface area contributed by atoms with E-state index in [2.05, 4.69) is 74.2 Å². The second-order valence-electron chi connectivity index (χ2n) is 8.60. The summed E-state index contributed by atoms with van der Waals surface area (Å²) in [6.45, 7) is 7.14. The highest BCUT2D eigenvalue weighted by molar-refractivity contribution is 5.65. The standard InChI is InChI=1S/C21H25N/c1-21(2,3)22-18-11-7-6-10-15(18)19-16-12-17(20(19)22)14-9-5-4-8-13(14)16/h4-11,13-14,16-17,19-20H,12H2,1-3H3/t13?,14?,16-,17-,19-,20+/m0/s1. The third-order valence-electron chi connectivity index (χ3n) is 6.60. The fourth-order valence-corrected chi connectivity index (χ4v) is 6.12. The predicted molar refractivity (Wildman–Crippen MR) is 92.1 cm³/mol. The molecule has 2 fully saturated rings. The van der Waals surface area contributed by atoms with Crippen molar-refractivity contribution in [3.63, 3.8) is 0 Å². The summed E-state index contributed by atoms with van der Waals surface area (Å²) < 4.78 is 0. The van der Waals surface area contributed by atoms with Gasteiger partial charge >= 0.3 is 0 Å². The average molecular weight is 291 g/mol. The maximum atomic E-state index is 2.76. The molecule has 1 nitrogen and oxygen atoms in total. The Bertz CT molecular complexity index is 677. The molecule has 0 radical (unpaired) electrons. The van der Waals surface area contributed by atoms with E-state index in [4.69, 9.17) is 0 Å². The molecule has 1 aromatic rings. The lowest BCUT2D eigenvalue weighted by molar-refractivity contribution is 0.235. The van der Waals surface area contributed by atoms with Crippen molar-refractivity contribution in [1.29, 1.82) is 0 Å². The highest BCUT2D eigenvalue weighted by Gasteiger charge is 2.62. The molecule has 3 aliphatic carbocycles. The molecule has 0 aromatic heterocycles.